The van der Waals surface area contributed by atoms with Gasteiger partial charge in [0.15, 0.2) is 0 Å². The fraction of sp³-hybridized carbons (Fsp3) is 0.462. The zero-order valence-corrected chi connectivity index (χ0v) is 9.65. The Morgan fingerprint density at radius 3 is 2.44 bits per heavy atom. The summed E-state index contributed by atoms with van der Waals surface area (Å²) in [6, 6.07) is 9.79. The number of anilines is 1. The van der Waals surface area contributed by atoms with Crippen molar-refractivity contribution in [3.63, 3.8) is 0 Å². The van der Waals surface area contributed by atoms with Gasteiger partial charge in [-0.1, -0.05) is 18.2 Å². The van der Waals surface area contributed by atoms with Gasteiger partial charge in [0.1, 0.15) is 0 Å². The molecule has 16 heavy (non-hydrogen) atoms. The van der Waals surface area contributed by atoms with E-state index in [1.165, 1.54) is 0 Å². The minimum Gasteiger partial charge on any atom is -0.329 e. The molecule has 0 radical (unpaired) electrons. The SMILES string of the molecule is CCN(C(=O)C1(CN)CC1)c1ccccc1. The Kier molecular flexibility index (Phi) is 2.97. The Morgan fingerprint density at radius 2 is 2.00 bits per heavy atom. The monoisotopic (exact) mass is 218 g/mol. The fourth-order valence-corrected chi connectivity index (χ4v) is 1.99. The van der Waals surface area contributed by atoms with Crippen LogP contribution in [0.2, 0.25) is 0 Å². The van der Waals surface area contributed by atoms with Crippen molar-refractivity contribution in [3.8, 4) is 0 Å². The fourth-order valence-electron chi connectivity index (χ4n) is 1.99. The molecule has 3 nitrogen and oxygen atoms in total. The molecule has 0 atom stereocenters. The molecule has 1 amide bonds. The molecule has 1 saturated carbocycles. The van der Waals surface area contributed by atoms with Gasteiger partial charge >= 0.3 is 0 Å². The predicted octanol–water partition coefficient (Wildman–Crippen LogP) is 1.78. The van der Waals surface area contributed by atoms with Gasteiger partial charge in [-0.3, -0.25) is 4.79 Å². The predicted molar refractivity (Wildman–Crippen MR) is 65.2 cm³/mol. The highest BCUT2D eigenvalue weighted by Crippen LogP contribution is 2.46. The van der Waals surface area contributed by atoms with Crippen LogP contribution in [0.1, 0.15) is 19.8 Å². The minimum absolute atomic E-state index is 0.184. The number of nitrogens with two attached hydrogens (primary N) is 1. The molecule has 0 bridgehead atoms. The van der Waals surface area contributed by atoms with Crippen molar-refractivity contribution in [2.45, 2.75) is 19.8 Å². The molecule has 2 rings (SSSR count). The summed E-state index contributed by atoms with van der Waals surface area (Å²) in [6.45, 7) is 3.16. The van der Waals surface area contributed by atoms with Gasteiger partial charge in [0.2, 0.25) is 5.91 Å². The third-order valence-corrected chi connectivity index (χ3v) is 3.33. The van der Waals surface area contributed by atoms with E-state index in [0.717, 1.165) is 18.5 Å². The number of amides is 1. The van der Waals surface area contributed by atoms with Gasteiger partial charge in [-0.2, -0.15) is 0 Å². The maximum Gasteiger partial charge on any atom is 0.234 e. The lowest BCUT2D eigenvalue weighted by molar-refractivity contribution is -0.123. The molecule has 1 aromatic carbocycles. The van der Waals surface area contributed by atoms with E-state index in [0.29, 0.717) is 13.1 Å². The number of carbonyl (C=O) groups excluding carboxylic acids is 1. The summed E-state index contributed by atoms with van der Waals surface area (Å²) in [7, 11) is 0. The van der Waals surface area contributed by atoms with Crippen LogP contribution in [0.4, 0.5) is 5.69 Å². The van der Waals surface area contributed by atoms with Crippen LogP contribution in [-0.4, -0.2) is 19.0 Å². The second kappa shape index (κ2) is 4.26. The summed E-state index contributed by atoms with van der Waals surface area (Å²) in [4.78, 5) is 14.2. The van der Waals surface area contributed by atoms with Crippen molar-refractivity contribution < 1.29 is 4.79 Å². The molecule has 2 N–H and O–H groups in total. The van der Waals surface area contributed by atoms with Crippen molar-refractivity contribution in [1.82, 2.24) is 0 Å². The summed E-state index contributed by atoms with van der Waals surface area (Å²) in [5.41, 5.74) is 6.40. The van der Waals surface area contributed by atoms with Crippen LogP contribution in [0.5, 0.6) is 0 Å². The number of hydrogen-bond donors (Lipinski definition) is 1. The molecular formula is C13H18N2O. The Bertz CT molecular complexity index is 371. The molecule has 0 aliphatic heterocycles. The summed E-state index contributed by atoms with van der Waals surface area (Å²) in [5.74, 6) is 0.184. The number of rotatable bonds is 4. The zero-order chi connectivity index (χ0) is 11.6. The highest BCUT2D eigenvalue weighted by atomic mass is 16.2. The first-order valence-electron chi connectivity index (χ1n) is 5.80. The van der Waals surface area contributed by atoms with Crippen molar-refractivity contribution in [2.75, 3.05) is 18.0 Å². The first-order valence-corrected chi connectivity index (χ1v) is 5.80. The largest absolute Gasteiger partial charge is 0.329 e. The lowest BCUT2D eigenvalue weighted by Crippen LogP contribution is -2.40. The zero-order valence-electron chi connectivity index (χ0n) is 9.65. The van der Waals surface area contributed by atoms with Gasteiger partial charge in [0.05, 0.1) is 5.41 Å². The van der Waals surface area contributed by atoms with Crippen LogP contribution < -0.4 is 10.6 Å². The molecule has 0 heterocycles. The van der Waals surface area contributed by atoms with Gasteiger partial charge in [0, 0.05) is 18.8 Å². The molecule has 1 aliphatic carbocycles. The average Bonchev–Trinajstić information content (AvgIpc) is 3.12. The van der Waals surface area contributed by atoms with Crippen LogP contribution >= 0.6 is 0 Å². The number of nitrogens with zero attached hydrogens (tertiary/aromatic N) is 1. The molecule has 0 spiro atoms. The van der Waals surface area contributed by atoms with Crippen molar-refractivity contribution in [1.29, 1.82) is 0 Å². The van der Waals surface area contributed by atoms with Crippen LogP contribution in [0.25, 0.3) is 0 Å². The standard InChI is InChI=1S/C13H18N2O/c1-2-15(11-6-4-3-5-7-11)12(16)13(10-14)8-9-13/h3-7H,2,8-10,14H2,1H3. The van der Waals surface area contributed by atoms with Crippen LogP contribution in [0.3, 0.4) is 0 Å². The first-order chi connectivity index (χ1) is 7.73. The molecule has 1 aliphatic rings. The number of carbonyl (C=O) groups is 1. The molecular weight excluding hydrogens is 200 g/mol. The lowest BCUT2D eigenvalue weighted by atomic mass is 10.1. The van der Waals surface area contributed by atoms with E-state index in [2.05, 4.69) is 0 Å². The molecule has 0 unspecified atom stereocenters. The average molecular weight is 218 g/mol. The molecule has 1 aromatic rings. The minimum atomic E-state index is -0.258. The quantitative estimate of drug-likeness (QED) is 0.837. The highest BCUT2D eigenvalue weighted by molar-refractivity contribution is 5.99. The maximum atomic E-state index is 12.3. The van der Waals surface area contributed by atoms with E-state index in [9.17, 15) is 4.79 Å². The third kappa shape index (κ3) is 1.83. The smallest absolute Gasteiger partial charge is 0.234 e. The van der Waals surface area contributed by atoms with E-state index < -0.39 is 0 Å². The van der Waals surface area contributed by atoms with E-state index >= 15 is 0 Å². The van der Waals surface area contributed by atoms with Crippen molar-refractivity contribution >= 4 is 11.6 Å². The van der Waals surface area contributed by atoms with Gasteiger partial charge in [0.25, 0.3) is 0 Å². The molecule has 86 valence electrons. The van der Waals surface area contributed by atoms with Gasteiger partial charge in [-0.25, -0.2) is 0 Å². The van der Waals surface area contributed by atoms with E-state index in [-0.39, 0.29) is 11.3 Å². The molecule has 0 aromatic heterocycles. The molecule has 1 fully saturated rings. The van der Waals surface area contributed by atoms with Gasteiger partial charge in [-0.05, 0) is 31.9 Å². The summed E-state index contributed by atoms with van der Waals surface area (Å²) in [5, 5.41) is 0. The second-order valence-electron chi connectivity index (χ2n) is 4.37. The van der Waals surface area contributed by atoms with Gasteiger partial charge in [-0.15, -0.1) is 0 Å². The Hall–Kier alpha value is -1.35. The highest BCUT2D eigenvalue weighted by Gasteiger charge is 2.50. The van der Waals surface area contributed by atoms with Crippen LogP contribution in [0, 0.1) is 5.41 Å². The summed E-state index contributed by atoms with van der Waals surface area (Å²) >= 11 is 0. The van der Waals surface area contributed by atoms with Crippen molar-refractivity contribution in [2.24, 2.45) is 11.1 Å². The number of hydrogen-bond acceptors (Lipinski definition) is 2. The Balaban J connectivity index is 2.21. The number of benzene rings is 1. The van der Waals surface area contributed by atoms with Crippen LogP contribution in [0.15, 0.2) is 30.3 Å². The Morgan fingerprint density at radius 1 is 1.38 bits per heavy atom. The number of para-hydroxylation sites is 1. The normalized spacial score (nSPS) is 16.9. The summed E-state index contributed by atoms with van der Waals surface area (Å²) < 4.78 is 0. The Labute approximate surface area is 96.2 Å². The lowest BCUT2D eigenvalue weighted by Gasteiger charge is -2.25. The van der Waals surface area contributed by atoms with Gasteiger partial charge < -0.3 is 10.6 Å². The van der Waals surface area contributed by atoms with Crippen molar-refractivity contribution in [3.05, 3.63) is 30.3 Å². The summed E-state index contributed by atoms with van der Waals surface area (Å²) in [6.07, 6.45) is 1.87. The topological polar surface area (TPSA) is 46.3 Å². The maximum absolute atomic E-state index is 12.3. The first kappa shape index (κ1) is 11.1. The van der Waals surface area contributed by atoms with E-state index in [1.54, 1.807) is 0 Å². The van der Waals surface area contributed by atoms with E-state index in [4.69, 9.17) is 5.73 Å². The van der Waals surface area contributed by atoms with E-state index in [1.807, 2.05) is 42.2 Å². The molecule has 0 saturated heterocycles. The molecule has 3 heteroatoms. The van der Waals surface area contributed by atoms with Crippen LogP contribution in [-0.2, 0) is 4.79 Å². The third-order valence-electron chi connectivity index (χ3n) is 3.33. The second-order valence-corrected chi connectivity index (χ2v) is 4.37.